The molecule has 6 nitrogen and oxygen atoms in total. The van der Waals surface area contributed by atoms with Gasteiger partial charge in [0.1, 0.15) is 0 Å². The zero-order valence-corrected chi connectivity index (χ0v) is 8.07. The van der Waals surface area contributed by atoms with E-state index in [9.17, 15) is 10.1 Å². The fraction of sp³-hybridized carbons (Fsp3) is 0.375. The fourth-order valence-corrected chi connectivity index (χ4v) is 1.32. The van der Waals surface area contributed by atoms with E-state index in [1.165, 1.54) is 6.20 Å². The van der Waals surface area contributed by atoms with Crippen molar-refractivity contribution >= 4 is 5.69 Å². The van der Waals surface area contributed by atoms with Crippen LogP contribution in [0.5, 0.6) is 0 Å². The monoisotopic (exact) mass is 196 g/mol. The molecular formula is C8H12N4O2. The van der Waals surface area contributed by atoms with Gasteiger partial charge in [-0.15, -0.1) is 0 Å². The van der Waals surface area contributed by atoms with Gasteiger partial charge in [0.05, 0.1) is 17.2 Å². The van der Waals surface area contributed by atoms with Gasteiger partial charge in [0.25, 0.3) is 5.69 Å². The van der Waals surface area contributed by atoms with Crippen molar-refractivity contribution in [1.29, 1.82) is 0 Å². The molecule has 0 aliphatic rings. The highest BCUT2D eigenvalue weighted by molar-refractivity contribution is 5.47. The van der Waals surface area contributed by atoms with E-state index in [0.29, 0.717) is 23.4 Å². The van der Waals surface area contributed by atoms with Crippen LogP contribution in [0.3, 0.4) is 0 Å². The average Bonchev–Trinajstić information content (AvgIpc) is 2.10. The van der Waals surface area contributed by atoms with Gasteiger partial charge in [-0.3, -0.25) is 26.4 Å². The van der Waals surface area contributed by atoms with Gasteiger partial charge >= 0.3 is 0 Å². The second-order valence-corrected chi connectivity index (χ2v) is 3.00. The van der Waals surface area contributed by atoms with E-state index in [1.807, 2.05) is 0 Å². The molecule has 0 amide bonds. The molecule has 0 unspecified atom stereocenters. The minimum atomic E-state index is -0.396. The molecule has 0 saturated carbocycles. The normalized spacial score (nSPS) is 10.2. The summed E-state index contributed by atoms with van der Waals surface area (Å²) in [6, 6.07) is 0. The van der Waals surface area contributed by atoms with Gasteiger partial charge in [-0.05, 0) is 13.8 Å². The maximum absolute atomic E-state index is 10.7. The number of hydrogen-bond donors (Lipinski definition) is 2. The molecule has 1 heterocycles. The molecule has 0 radical (unpaired) electrons. The summed E-state index contributed by atoms with van der Waals surface area (Å²) in [5, 5.41) is 10.7. The Kier molecular flexibility index (Phi) is 3.10. The summed E-state index contributed by atoms with van der Waals surface area (Å²) in [6.45, 7) is 3.66. The van der Waals surface area contributed by atoms with E-state index in [0.717, 1.165) is 0 Å². The van der Waals surface area contributed by atoms with Crippen LogP contribution in [0.25, 0.3) is 0 Å². The first-order valence-corrected chi connectivity index (χ1v) is 4.11. The molecule has 0 saturated heterocycles. The van der Waals surface area contributed by atoms with E-state index in [-0.39, 0.29) is 5.69 Å². The Labute approximate surface area is 81.3 Å². The lowest BCUT2D eigenvalue weighted by Crippen LogP contribution is -2.22. The van der Waals surface area contributed by atoms with Crippen LogP contribution in [0.4, 0.5) is 5.69 Å². The van der Waals surface area contributed by atoms with Crippen molar-refractivity contribution in [2.75, 3.05) is 0 Å². The number of pyridine rings is 1. The van der Waals surface area contributed by atoms with Crippen molar-refractivity contribution in [3.8, 4) is 0 Å². The second kappa shape index (κ2) is 4.12. The molecule has 0 aliphatic heterocycles. The average molecular weight is 196 g/mol. The molecule has 6 heteroatoms. The SMILES string of the molecule is Cc1cnc(CNN)c(C)c1[N+](=O)[O-]. The van der Waals surface area contributed by atoms with Crippen LogP contribution >= 0.6 is 0 Å². The van der Waals surface area contributed by atoms with Crippen molar-refractivity contribution in [2.24, 2.45) is 5.84 Å². The third kappa shape index (κ3) is 1.86. The highest BCUT2D eigenvalue weighted by atomic mass is 16.6. The molecular weight excluding hydrogens is 184 g/mol. The number of rotatable bonds is 3. The van der Waals surface area contributed by atoms with Crippen LogP contribution in [0.15, 0.2) is 6.20 Å². The maximum Gasteiger partial charge on any atom is 0.278 e. The van der Waals surface area contributed by atoms with Crippen molar-refractivity contribution in [2.45, 2.75) is 20.4 Å². The van der Waals surface area contributed by atoms with E-state index >= 15 is 0 Å². The quantitative estimate of drug-likeness (QED) is 0.418. The number of aromatic nitrogens is 1. The second-order valence-electron chi connectivity index (χ2n) is 3.00. The highest BCUT2D eigenvalue weighted by Gasteiger charge is 2.17. The van der Waals surface area contributed by atoms with Gasteiger partial charge in [-0.2, -0.15) is 0 Å². The standard InChI is InChI=1S/C8H12N4O2/c1-5-3-10-7(4-11-9)6(2)8(5)12(13)14/h3,11H,4,9H2,1-2H3. The van der Waals surface area contributed by atoms with E-state index in [1.54, 1.807) is 13.8 Å². The minimum Gasteiger partial charge on any atom is -0.271 e. The molecule has 3 N–H and O–H groups in total. The Hall–Kier alpha value is -1.53. The van der Waals surface area contributed by atoms with Crippen LogP contribution in [-0.4, -0.2) is 9.91 Å². The Morgan fingerprint density at radius 1 is 1.64 bits per heavy atom. The molecule has 0 aromatic carbocycles. The van der Waals surface area contributed by atoms with Crippen molar-refractivity contribution in [1.82, 2.24) is 10.4 Å². The number of nitro groups is 1. The van der Waals surface area contributed by atoms with E-state index in [2.05, 4.69) is 10.4 Å². The smallest absolute Gasteiger partial charge is 0.271 e. The minimum absolute atomic E-state index is 0.116. The summed E-state index contributed by atoms with van der Waals surface area (Å²) < 4.78 is 0. The van der Waals surface area contributed by atoms with Gasteiger partial charge in [0, 0.05) is 17.3 Å². The number of hydrazine groups is 1. The third-order valence-corrected chi connectivity index (χ3v) is 2.03. The first-order chi connectivity index (χ1) is 6.57. The topological polar surface area (TPSA) is 94.1 Å². The largest absolute Gasteiger partial charge is 0.278 e. The number of aryl methyl sites for hydroxylation is 1. The number of nitrogens with two attached hydrogens (primary N) is 1. The fourth-order valence-electron chi connectivity index (χ4n) is 1.32. The van der Waals surface area contributed by atoms with Crippen molar-refractivity contribution < 1.29 is 4.92 Å². The number of nitrogens with one attached hydrogen (secondary N) is 1. The lowest BCUT2D eigenvalue weighted by Gasteiger charge is -2.06. The Morgan fingerprint density at radius 3 is 2.79 bits per heavy atom. The number of nitrogens with zero attached hydrogens (tertiary/aromatic N) is 2. The lowest BCUT2D eigenvalue weighted by molar-refractivity contribution is -0.386. The molecule has 0 spiro atoms. The molecule has 76 valence electrons. The first-order valence-electron chi connectivity index (χ1n) is 4.11. The van der Waals surface area contributed by atoms with E-state index < -0.39 is 4.92 Å². The molecule has 0 aliphatic carbocycles. The van der Waals surface area contributed by atoms with Gasteiger partial charge in [0.2, 0.25) is 0 Å². The summed E-state index contributed by atoms with van der Waals surface area (Å²) in [5.74, 6) is 5.13. The van der Waals surface area contributed by atoms with Crippen LogP contribution in [0.1, 0.15) is 16.8 Å². The highest BCUT2D eigenvalue weighted by Crippen LogP contribution is 2.23. The maximum atomic E-state index is 10.7. The molecule has 1 aromatic rings. The summed E-state index contributed by atoms with van der Waals surface area (Å²) >= 11 is 0. The lowest BCUT2D eigenvalue weighted by atomic mass is 10.1. The Bertz CT molecular complexity index is 365. The molecule has 1 aromatic heterocycles. The predicted molar refractivity (Wildman–Crippen MR) is 51.4 cm³/mol. The third-order valence-electron chi connectivity index (χ3n) is 2.03. The Balaban J connectivity index is 3.26. The summed E-state index contributed by atoms with van der Waals surface area (Å²) in [6.07, 6.45) is 1.48. The first kappa shape index (κ1) is 10.6. The van der Waals surface area contributed by atoms with Crippen molar-refractivity contribution in [3.05, 3.63) is 33.1 Å². The van der Waals surface area contributed by atoms with Crippen LogP contribution in [0.2, 0.25) is 0 Å². The summed E-state index contributed by atoms with van der Waals surface area (Å²) in [7, 11) is 0. The summed E-state index contributed by atoms with van der Waals surface area (Å²) in [4.78, 5) is 14.4. The predicted octanol–water partition coefficient (Wildman–Crippen LogP) is 0.570. The van der Waals surface area contributed by atoms with Gasteiger partial charge in [0.15, 0.2) is 0 Å². The van der Waals surface area contributed by atoms with Gasteiger partial charge in [-0.25, -0.2) is 0 Å². The molecule has 0 fully saturated rings. The molecule has 0 bridgehead atoms. The molecule has 14 heavy (non-hydrogen) atoms. The van der Waals surface area contributed by atoms with Crippen LogP contribution in [0, 0.1) is 24.0 Å². The van der Waals surface area contributed by atoms with Gasteiger partial charge in [-0.1, -0.05) is 0 Å². The zero-order chi connectivity index (χ0) is 10.7. The Morgan fingerprint density at radius 2 is 2.29 bits per heavy atom. The molecule has 1 rings (SSSR count). The zero-order valence-electron chi connectivity index (χ0n) is 8.07. The summed E-state index contributed by atoms with van der Waals surface area (Å²) in [5.41, 5.74) is 4.27. The molecule has 0 atom stereocenters. The van der Waals surface area contributed by atoms with Crippen LogP contribution in [-0.2, 0) is 6.54 Å². The van der Waals surface area contributed by atoms with E-state index in [4.69, 9.17) is 5.84 Å². The van der Waals surface area contributed by atoms with Gasteiger partial charge < -0.3 is 0 Å². The van der Waals surface area contributed by atoms with Crippen molar-refractivity contribution in [3.63, 3.8) is 0 Å². The number of hydrogen-bond acceptors (Lipinski definition) is 5. The van der Waals surface area contributed by atoms with Crippen LogP contribution < -0.4 is 11.3 Å².